The van der Waals surface area contributed by atoms with Crippen LogP contribution in [0.2, 0.25) is 15.1 Å². The van der Waals surface area contributed by atoms with Crippen LogP contribution in [0.5, 0.6) is 0 Å². The van der Waals surface area contributed by atoms with Gasteiger partial charge in [-0.25, -0.2) is 4.68 Å². The second kappa shape index (κ2) is 5.36. The molecule has 21 heavy (non-hydrogen) atoms. The summed E-state index contributed by atoms with van der Waals surface area (Å²) in [5, 5.41) is 12.5. The van der Waals surface area contributed by atoms with Crippen molar-refractivity contribution in [2.24, 2.45) is 0 Å². The van der Waals surface area contributed by atoms with Crippen molar-refractivity contribution in [3.63, 3.8) is 0 Å². The van der Waals surface area contributed by atoms with E-state index in [4.69, 9.17) is 34.8 Å². The van der Waals surface area contributed by atoms with E-state index in [1.807, 2.05) is 0 Å². The SMILES string of the molecule is O=[N+]([O-])c1cnn(-c2c(Cl)cc(C(F)(F)F)c(Cl)c2Cl)c1. The van der Waals surface area contributed by atoms with Gasteiger partial charge in [-0.2, -0.15) is 18.3 Å². The lowest BCUT2D eigenvalue weighted by Gasteiger charge is -2.14. The van der Waals surface area contributed by atoms with Crippen LogP contribution in [0.15, 0.2) is 18.5 Å². The maximum absolute atomic E-state index is 12.7. The minimum atomic E-state index is -4.74. The largest absolute Gasteiger partial charge is 0.417 e. The van der Waals surface area contributed by atoms with Crippen LogP contribution in [0, 0.1) is 10.1 Å². The van der Waals surface area contributed by atoms with Crippen molar-refractivity contribution in [1.29, 1.82) is 0 Å². The summed E-state index contributed by atoms with van der Waals surface area (Å²) in [7, 11) is 0. The molecule has 0 fully saturated rings. The first kappa shape index (κ1) is 15.9. The molecule has 1 heterocycles. The van der Waals surface area contributed by atoms with E-state index in [0.717, 1.165) is 17.1 Å². The van der Waals surface area contributed by atoms with Gasteiger partial charge in [0.1, 0.15) is 18.1 Å². The van der Waals surface area contributed by atoms with Gasteiger partial charge in [0.05, 0.1) is 25.6 Å². The molecule has 0 aliphatic carbocycles. The molecule has 0 aliphatic heterocycles. The normalized spacial score (nSPS) is 11.7. The third-order valence-corrected chi connectivity index (χ3v) is 3.59. The highest BCUT2D eigenvalue weighted by molar-refractivity contribution is 6.45. The molecular weight excluding hydrogens is 357 g/mol. The fourth-order valence-electron chi connectivity index (χ4n) is 1.53. The maximum Gasteiger partial charge on any atom is 0.417 e. The lowest BCUT2D eigenvalue weighted by atomic mass is 10.2. The van der Waals surface area contributed by atoms with Gasteiger partial charge in [-0.1, -0.05) is 34.8 Å². The molecule has 1 aromatic carbocycles. The van der Waals surface area contributed by atoms with E-state index < -0.39 is 31.7 Å². The Morgan fingerprint density at radius 2 is 1.86 bits per heavy atom. The van der Waals surface area contributed by atoms with Gasteiger partial charge in [0.15, 0.2) is 0 Å². The number of rotatable bonds is 2. The predicted octanol–water partition coefficient (Wildman–Crippen LogP) is 4.76. The van der Waals surface area contributed by atoms with Crippen molar-refractivity contribution in [2.75, 3.05) is 0 Å². The first-order chi connectivity index (χ1) is 9.62. The summed E-state index contributed by atoms with van der Waals surface area (Å²) in [4.78, 5) is 9.85. The lowest BCUT2D eigenvalue weighted by molar-refractivity contribution is -0.384. The zero-order chi connectivity index (χ0) is 15.9. The number of aromatic nitrogens is 2. The third kappa shape index (κ3) is 2.92. The Morgan fingerprint density at radius 1 is 1.24 bits per heavy atom. The Morgan fingerprint density at radius 3 is 2.33 bits per heavy atom. The standard InChI is InChI=1S/C10H3Cl3F3N3O2/c11-6-1-5(10(14,15)16)7(12)8(13)9(6)18-3-4(2-17-18)19(20)21/h1-3H. The van der Waals surface area contributed by atoms with Gasteiger partial charge in [0.25, 0.3) is 0 Å². The number of benzene rings is 1. The minimum Gasteiger partial charge on any atom is -0.258 e. The van der Waals surface area contributed by atoms with Gasteiger partial charge in [-0.15, -0.1) is 0 Å². The highest BCUT2D eigenvalue weighted by atomic mass is 35.5. The number of hydrogen-bond acceptors (Lipinski definition) is 3. The monoisotopic (exact) mass is 359 g/mol. The van der Waals surface area contributed by atoms with E-state index in [1.54, 1.807) is 0 Å². The van der Waals surface area contributed by atoms with Crippen molar-refractivity contribution in [1.82, 2.24) is 9.78 Å². The van der Waals surface area contributed by atoms with E-state index in [2.05, 4.69) is 5.10 Å². The number of halogens is 6. The molecule has 0 saturated heterocycles. The van der Waals surface area contributed by atoms with E-state index in [0.29, 0.717) is 6.07 Å². The van der Waals surface area contributed by atoms with Crippen molar-refractivity contribution in [3.8, 4) is 5.69 Å². The Labute approximate surface area is 130 Å². The molecule has 0 N–H and O–H groups in total. The first-order valence-electron chi connectivity index (χ1n) is 5.07. The predicted molar refractivity (Wildman–Crippen MR) is 70.3 cm³/mol. The molecule has 0 spiro atoms. The maximum atomic E-state index is 12.7. The molecule has 0 amide bonds. The highest BCUT2D eigenvalue weighted by Crippen LogP contribution is 2.43. The summed E-state index contributed by atoms with van der Waals surface area (Å²) >= 11 is 17.1. The summed E-state index contributed by atoms with van der Waals surface area (Å²) in [6.45, 7) is 0. The van der Waals surface area contributed by atoms with Crippen LogP contribution in [-0.2, 0) is 6.18 Å². The zero-order valence-corrected chi connectivity index (χ0v) is 11.9. The fraction of sp³-hybridized carbons (Fsp3) is 0.100. The molecule has 0 atom stereocenters. The summed E-state index contributed by atoms with van der Waals surface area (Å²) < 4.78 is 39.1. The van der Waals surface area contributed by atoms with E-state index in [9.17, 15) is 23.3 Å². The average molecular weight is 361 g/mol. The highest BCUT2D eigenvalue weighted by Gasteiger charge is 2.36. The first-order valence-corrected chi connectivity index (χ1v) is 6.20. The molecule has 0 radical (unpaired) electrons. The Balaban J connectivity index is 2.65. The molecule has 0 unspecified atom stereocenters. The summed E-state index contributed by atoms with van der Waals surface area (Å²) in [5.74, 6) is 0. The van der Waals surface area contributed by atoms with E-state index >= 15 is 0 Å². The number of hydrogen-bond donors (Lipinski definition) is 0. The second-order valence-corrected chi connectivity index (χ2v) is 4.94. The molecule has 11 heteroatoms. The van der Waals surface area contributed by atoms with E-state index in [1.165, 1.54) is 0 Å². The fourth-order valence-corrected chi connectivity index (χ4v) is 2.41. The molecule has 0 aliphatic rings. The average Bonchev–Trinajstić information content (AvgIpc) is 2.82. The van der Waals surface area contributed by atoms with Crippen LogP contribution in [0.1, 0.15) is 5.56 Å². The van der Waals surface area contributed by atoms with Crippen LogP contribution in [0.4, 0.5) is 18.9 Å². The second-order valence-electron chi connectivity index (χ2n) is 3.78. The summed E-state index contributed by atoms with van der Waals surface area (Å²) in [6.07, 6.45) is -2.88. The van der Waals surface area contributed by atoms with Crippen LogP contribution < -0.4 is 0 Å². The smallest absolute Gasteiger partial charge is 0.258 e. The van der Waals surface area contributed by atoms with Crippen LogP contribution in [0.25, 0.3) is 5.69 Å². The van der Waals surface area contributed by atoms with Crippen molar-refractivity contribution < 1.29 is 18.1 Å². The third-order valence-electron chi connectivity index (χ3n) is 2.45. The van der Waals surface area contributed by atoms with Crippen LogP contribution in [-0.4, -0.2) is 14.7 Å². The Kier molecular flexibility index (Phi) is 4.05. The Bertz CT molecular complexity index is 730. The van der Waals surface area contributed by atoms with Crippen molar-refractivity contribution in [2.45, 2.75) is 6.18 Å². The number of nitro groups is 1. The molecule has 0 bridgehead atoms. The summed E-state index contributed by atoms with van der Waals surface area (Å²) in [5.41, 5.74) is -1.76. The quantitative estimate of drug-likeness (QED) is 0.441. The molecule has 5 nitrogen and oxygen atoms in total. The number of nitrogens with zero attached hydrogens (tertiary/aromatic N) is 3. The molecule has 112 valence electrons. The van der Waals surface area contributed by atoms with Crippen molar-refractivity contribution >= 4 is 40.5 Å². The van der Waals surface area contributed by atoms with Gasteiger partial charge in [0.2, 0.25) is 0 Å². The van der Waals surface area contributed by atoms with E-state index in [-0.39, 0.29) is 11.4 Å². The van der Waals surface area contributed by atoms with Gasteiger partial charge >= 0.3 is 11.9 Å². The Hall–Kier alpha value is -1.51. The van der Waals surface area contributed by atoms with Crippen molar-refractivity contribution in [3.05, 3.63) is 49.2 Å². The zero-order valence-electron chi connectivity index (χ0n) is 9.66. The van der Waals surface area contributed by atoms with Crippen LogP contribution >= 0.6 is 34.8 Å². The molecule has 0 saturated carbocycles. The van der Waals surface area contributed by atoms with Crippen LogP contribution in [0.3, 0.4) is 0 Å². The molecule has 2 rings (SSSR count). The summed E-state index contributed by atoms with van der Waals surface area (Å²) in [6, 6.07) is 0.582. The molecule has 1 aromatic heterocycles. The molecular formula is C10H3Cl3F3N3O2. The van der Waals surface area contributed by atoms with Gasteiger partial charge in [-0.05, 0) is 6.07 Å². The minimum absolute atomic E-state index is 0.176. The molecule has 2 aromatic rings. The van der Waals surface area contributed by atoms with Gasteiger partial charge in [-0.3, -0.25) is 10.1 Å². The topological polar surface area (TPSA) is 61.0 Å². The lowest BCUT2D eigenvalue weighted by Crippen LogP contribution is -2.08. The van der Waals surface area contributed by atoms with Gasteiger partial charge in [0, 0.05) is 0 Å². The van der Waals surface area contributed by atoms with Gasteiger partial charge < -0.3 is 0 Å². The number of alkyl halides is 3.